The van der Waals surface area contributed by atoms with Crippen molar-refractivity contribution in [3.63, 3.8) is 0 Å². The molecule has 0 aromatic carbocycles. The smallest absolute Gasteiger partial charge is 0.332 e. The number of nitrogens with zero attached hydrogens (tertiary/aromatic N) is 3. The molecule has 0 unspecified atom stereocenters. The van der Waals surface area contributed by atoms with Gasteiger partial charge in [0.15, 0.2) is 5.65 Å². The molecule has 1 N–H and O–H groups in total. The standard InChI is InChI=1S/C7H8N4O2/c1-10-5-4(8-3-9-5)6(12)11(2)7(10)13/h3H,1-2H3,(H,8,9)/i2D2. The van der Waals surface area contributed by atoms with Crippen LogP contribution in [0, 0.1) is 0 Å². The van der Waals surface area contributed by atoms with Crippen molar-refractivity contribution in [1.29, 1.82) is 0 Å². The molecule has 13 heavy (non-hydrogen) atoms. The highest BCUT2D eigenvalue weighted by atomic mass is 16.2. The van der Waals surface area contributed by atoms with Crippen molar-refractivity contribution in [1.82, 2.24) is 19.1 Å². The summed E-state index contributed by atoms with van der Waals surface area (Å²) in [5.41, 5.74) is -1.06. The van der Waals surface area contributed by atoms with Crippen LogP contribution in [-0.2, 0) is 14.0 Å². The van der Waals surface area contributed by atoms with Gasteiger partial charge in [-0.15, -0.1) is 0 Å². The largest absolute Gasteiger partial charge is 0.339 e. The Morgan fingerprint density at radius 1 is 1.54 bits per heavy atom. The average Bonchev–Trinajstić information content (AvgIpc) is 2.62. The van der Waals surface area contributed by atoms with Crippen LogP contribution in [0.2, 0.25) is 0 Å². The second kappa shape index (κ2) is 2.32. The van der Waals surface area contributed by atoms with Crippen LogP contribution in [0.15, 0.2) is 15.9 Å². The van der Waals surface area contributed by atoms with E-state index in [4.69, 9.17) is 2.74 Å². The lowest BCUT2D eigenvalue weighted by Gasteiger charge is -2.00. The van der Waals surface area contributed by atoms with E-state index in [1.54, 1.807) is 0 Å². The second-order valence-electron chi connectivity index (χ2n) is 2.62. The number of nitrogens with one attached hydrogen (secondary N) is 1. The van der Waals surface area contributed by atoms with Crippen LogP contribution < -0.4 is 11.2 Å². The van der Waals surface area contributed by atoms with Crippen molar-refractivity contribution in [2.24, 2.45) is 14.0 Å². The van der Waals surface area contributed by atoms with E-state index >= 15 is 0 Å². The van der Waals surface area contributed by atoms with Crippen LogP contribution >= 0.6 is 0 Å². The van der Waals surface area contributed by atoms with Crippen molar-refractivity contribution in [2.45, 2.75) is 0 Å². The predicted octanol–water partition coefficient (Wildman–Crippen LogP) is -1.04. The van der Waals surface area contributed by atoms with Crippen molar-refractivity contribution >= 4 is 11.2 Å². The van der Waals surface area contributed by atoms with E-state index in [0.717, 1.165) is 4.57 Å². The fraction of sp³-hybridized carbons (Fsp3) is 0.286. The summed E-state index contributed by atoms with van der Waals surface area (Å²) in [6, 6.07) is 0. The molecule has 68 valence electrons. The van der Waals surface area contributed by atoms with Gasteiger partial charge < -0.3 is 4.98 Å². The first-order chi connectivity index (χ1) is 7.04. The fourth-order valence-electron chi connectivity index (χ4n) is 1.16. The van der Waals surface area contributed by atoms with Gasteiger partial charge in [0.05, 0.1) is 6.33 Å². The van der Waals surface area contributed by atoms with E-state index in [-0.39, 0.29) is 11.2 Å². The Hall–Kier alpha value is -1.85. The van der Waals surface area contributed by atoms with Gasteiger partial charge in [-0.3, -0.25) is 13.9 Å². The summed E-state index contributed by atoms with van der Waals surface area (Å²) in [4.78, 5) is 29.6. The van der Waals surface area contributed by atoms with Gasteiger partial charge >= 0.3 is 5.69 Å². The Morgan fingerprint density at radius 2 is 2.31 bits per heavy atom. The number of aryl methyl sites for hydroxylation is 1. The zero-order valence-electron chi connectivity index (χ0n) is 8.81. The maximum absolute atomic E-state index is 11.6. The van der Waals surface area contributed by atoms with E-state index in [2.05, 4.69) is 9.97 Å². The summed E-state index contributed by atoms with van der Waals surface area (Å²) >= 11 is 0. The lowest BCUT2D eigenvalue weighted by atomic mass is 10.5. The quantitative estimate of drug-likeness (QED) is 0.565. The number of fused-ring (bicyclic) bond motifs is 1. The highest BCUT2D eigenvalue weighted by Gasteiger charge is 2.08. The van der Waals surface area contributed by atoms with Crippen molar-refractivity contribution in [3.05, 3.63) is 27.2 Å². The zero-order chi connectivity index (χ0) is 11.2. The minimum atomic E-state index is -1.66. The molecule has 0 amide bonds. The highest BCUT2D eigenvalue weighted by molar-refractivity contribution is 5.68. The van der Waals surface area contributed by atoms with E-state index < -0.39 is 18.2 Å². The molecule has 2 rings (SSSR count). The van der Waals surface area contributed by atoms with Crippen molar-refractivity contribution in [2.75, 3.05) is 0 Å². The first-order valence-electron chi connectivity index (χ1n) is 4.68. The number of H-pyrrole nitrogens is 1. The van der Waals surface area contributed by atoms with Gasteiger partial charge in [-0.25, -0.2) is 9.78 Å². The molecule has 6 heteroatoms. The van der Waals surface area contributed by atoms with Gasteiger partial charge in [0.25, 0.3) is 5.56 Å². The van der Waals surface area contributed by atoms with Crippen LogP contribution in [-0.4, -0.2) is 19.1 Å². The van der Waals surface area contributed by atoms with Crippen LogP contribution in [0.1, 0.15) is 2.74 Å². The van der Waals surface area contributed by atoms with E-state index in [1.165, 1.54) is 13.4 Å². The van der Waals surface area contributed by atoms with Gasteiger partial charge in [-0.05, 0) is 0 Å². The third-order valence-electron chi connectivity index (χ3n) is 1.86. The SMILES string of the molecule is [2H]C([2H])n1c(=O)c2[nH]cnc2n(C)c1=O. The topological polar surface area (TPSA) is 72.7 Å². The zero-order valence-corrected chi connectivity index (χ0v) is 6.81. The number of aromatic nitrogens is 4. The molecule has 0 aliphatic heterocycles. The second-order valence-corrected chi connectivity index (χ2v) is 2.62. The summed E-state index contributed by atoms with van der Waals surface area (Å²) < 4.78 is 15.9. The molecule has 2 aromatic rings. The highest BCUT2D eigenvalue weighted by Crippen LogP contribution is 1.97. The summed E-state index contributed by atoms with van der Waals surface area (Å²) in [5, 5.41) is 0. The first-order valence-corrected chi connectivity index (χ1v) is 3.53. The molecule has 0 aliphatic carbocycles. The summed E-state index contributed by atoms with van der Waals surface area (Å²) in [7, 11) is 1.43. The van der Waals surface area contributed by atoms with Crippen LogP contribution in [0.25, 0.3) is 11.2 Å². The first kappa shape index (κ1) is 5.74. The number of rotatable bonds is 0. The Balaban J connectivity index is 3.06. The van der Waals surface area contributed by atoms with Gasteiger partial charge in [0.1, 0.15) is 5.52 Å². The molecular formula is C7H8N4O2. The maximum atomic E-state index is 11.6. The van der Waals surface area contributed by atoms with E-state index in [9.17, 15) is 9.59 Å². The van der Waals surface area contributed by atoms with Crippen molar-refractivity contribution < 1.29 is 2.74 Å². The van der Waals surface area contributed by atoms with Crippen LogP contribution in [0.5, 0.6) is 0 Å². The molecule has 0 saturated carbocycles. The lowest BCUT2D eigenvalue weighted by Crippen LogP contribution is -2.36. The molecule has 2 aromatic heterocycles. The molecule has 0 saturated heterocycles. The van der Waals surface area contributed by atoms with Crippen LogP contribution in [0.4, 0.5) is 0 Å². The maximum Gasteiger partial charge on any atom is 0.332 e. The minimum Gasteiger partial charge on any atom is -0.339 e. The number of hydrogen-bond acceptors (Lipinski definition) is 3. The summed E-state index contributed by atoms with van der Waals surface area (Å²) in [5.74, 6) is 0. The molecule has 6 nitrogen and oxygen atoms in total. The summed E-state index contributed by atoms with van der Waals surface area (Å²) in [6.07, 6.45) is 1.29. The molecule has 0 atom stereocenters. The van der Waals surface area contributed by atoms with E-state index in [1.807, 2.05) is 0 Å². The van der Waals surface area contributed by atoms with Gasteiger partial charge in [-0.2, -0.15) is 0 Å². The number of hydrogen-bond donors (Lipinski definition) is 1. The summed E-state index contributed by atoms with van der Waals surface area (Å²) in [6.45, 7) is -1.66. The Labute approximate surface area is 75.3 Å². The molecule has 0 radical (unpaired) electrons. The monoisotopic (exact) mass is 182 g/mol. The van der Waals surface area contributed by atoms with Crippen LogP contribution in [0.3, 0.4) is 0 Å². The Kier molecular flexibility index (Phi) is 1.02. The number of imidazole rings is 1. The molecular weight excluding hydrogens is 172 g/mol. The predicted molar refractivity (Wildman–Crippen MR) is 46.6 cm³/mol. The molecule has 2 heterocycles. The van der Waals surface area contributed by atoms with Gasteiger partial charge in [0, 0.05) is 16.8 Å². The molecule has 0 aliphatic rings. The van der Waals surface area contributed by atoms with Gasteiger partial charge in [-0.1, -0.05) is 0 Å². The molecule has 0 spiro atoms. The third-order valence-corrected chi connectivity index (χ3v) is 1.86. The number of aromatic amines is 1. The van der Waals surface area contributed by atoms with E-state index in [0.29, 0.717) is 4.57 Å². The Bertz CT molecular complexity index is 624. The normalized spacial score (nSPS) is 13.4. The molecule has 0 fully saturated rings. The fourth-order valence-corrected chi connectivity index (χ4v) is 1.16. The van der Waals surface area contributed by atoms with Crippen molar-refractivity contribution in [3.8, 4) is 0 Å². The third kappa shape index (κ3) is 0.851. The lowest BCUT2D eigenvalue weighted by molar-refractivity contribution is 0.709. The average molecular weight is 182 g/mol. The van der Waals surface area contributed by atoms with Gasteiger partial charge in [0.2, 0.25) is 0 Å². The molecule has 0 bridgehead atoms. The minimum absolute atomic E-state index is 0.126. The Morgan fingerprint density at radius 3 is 3.00 bits per heavy atom.